The van der Waals surface area contributed by atoms with Crippen molar-refractivity contribution < 1.29 is 13.6 Å². The number of halogens is 2. The van der Waals surface area contributed by atoms with Crippen molar-refractivity contribution in [3.8, 4) is 0 Å². The number of carbonyl (C=O) groups is 1. The highest BCUT2D eigenvalue weighted by atomic mass is 32.1. The molecule has 0 saturated heterocycles. The summed E-state index contributed by atoms with van der Waals surface area (Å²) in [5, 5.41) is 14.0. The Bertz CT molecular complexity index is 600. The van der Waals surface area contributed by atoms with E-state index >= 15 is 0 Å². The van der Waals surface area contributed by atoms with Gasteiger partial charge in [-0.15, -0.1) is 21.5 Å². The average Bonchev–Trinajstić information content (AvgIpc) is 2.98. The lowest BCUT2D eigenvalue weighted by Gasteiger charge is -2.10. The fourth-order valence-corrected chi connectivity index (χ4v) is 2.73. The van der Waals surface area contributed by atoms with E-state index in [1.54, 1.807) is 6.92 Å². The lowest BCUT2D eigenvalue weighted by atomic mass is 10.3. The second-order valence-corrected chi connectivity index (χ2v) is 5.79. The van der Waals surface area contributed by atoms with Crippen LogP contribution >= 0.6 is 22.7 Å². The summed E-state index contributed by atoms with van der Waals surface area (Å²) >= 11 is 2.07. The zero-order chi connectivity index (χ0) is 14.7. The number of carbonyl (C=O) groups excluding carboxylic acids is 1. The number of anilines is 1. The van der Waals surface area contributed by atoms with Crippen LogP contribution in [0.3, 0.4) is 0 Å². The van der Waals surface area contributed by atoms with Crippen molar-refractivity contribution in [1.29, 1.82) is 0 Å². The van der Waals surface area contributed by atoms with Gasteiger partial charge in [-0.2, -0.15) is 0 Å². The Kier molecular flexibility index (Phi) is 4.55. The maximum absolute atomic E-state index is 12.3. The summed E-state index contributed by atoms with van der Waals surface area (Å²) < 4.78 is 24.6. The minimum absolute atomic E-state index is 0.0281. The number of thiazole rings is 1. The van der Waals surface area contributed by atoms with E-state index in [4.69, 9.17) is 0 Å². The zero-order valence-electron chi connectivity index (χ0n) is 10.6. The Morgan fingerprint density at radius 1 is 1.35 bits per heavy atom. The Balaban J connectivity index is 1.91. The van der Waals surface area contributed by atoms with Gasteiger partial charge in [0.2, 0.25) is 5.13 Å². The molecule has 0 aliphatic rings. The summed E-state index contributed by atoms with van der Waals surface area (Å²) in [6.45, 7) is 3.64. The number of hydrogen-bond acceptors (Lipinski definition) is 6. The van der Waals surface area contributed by atoms with Crippen LogP contribution in [0.2, 0.25) is 0 Å². The van der Waals surface area contributed by atoms with Crippen molar-refractivity contribution in [1.82, 2.24) is 20.5 Å². The van der Waals surface area contributed by atoms with Gasteiger partial charge in [0.25, 0.3) is 6.43 Å². The lowest BCUT2D eigenvalue weighted by molar-refractivity contribution is 0.150. The molecule has 10 heteroatoms. The van der Waals surface area contributed by atoms with E-state index in [2.05, 4.69) is 25.8 Å². The fraction of sp³-hybridized carbons (Fsp3) is 0.400. The molecule has 0 aliphatic heterocycles. The highest BCUT2D eigenvalue weighted by Gasteiger charge is 2.17. The topological polar surface area (TPSA) is 79.8 Å². The summed E-state index contributed by atoms with van der Waals surface area (Å²) in [7, 11) is 0. The number of nitrogens with one attached hydrogen (secondary N) is 2. The molecule has 2 amide bonds. The van der Waals surface area contributed by atoms with Crippen LogP contribution in [0.5, 0.6) is 0 Å². The van der Waals surface area contributed by atoms with Gasteiger partial charge in [0.15, 0.2) is 5.01 Å². The van der Waals surface area contributed by atoms with Crippen LogP contribution in [0.4, 0.5) is 18.7 Å². The van der Waals surface area contributed by atoms with E-state index in [1.165, 1.54) is 11.3 Å². The molecular weight excluding hydrogens is 308 g/mol. The highest BCUT2D eigenvalue weighted by Crippen LogP contribution is 2.25. The van der Waals surface area contributed by atoms with Crippen LogP contribution in [0.25, 0.3) is 0 Å². The number of amides is 2. The summed E-state index contributed by atoms with van der Waals surface area (Å²) in [5.41, 5.74) is 0.879. The van der Waals surface area contributed by atoms with E-state index in [0.717, 1.165) is 10.7 Å². The minimum atomic E-state index is -2.69. The van der Waals surface area contributed by atoms with Gasteiger partial charge in [-0.25, -0.2) is 18.6 Å². The van der Waals surface area contributed by atoms with E-state index in [0.29, 0.717) is 11.3 Å². The molecule has 0 aliphatic carbocycles. The molecule has 0 spiro atoms. The molecule has 1 atom stereocenters. The minimum Gasteiger partial charge on any atom is -0.329 e. The molecular formula is C10H11F2N5OS2. The molecule has 0 unspecified atom stereocenters. The third-order valence-corrected chi connectivity index (χ3v) is 4.19. The quantitative estimate of drug-likeness (QED) is 0.907. The second-order valence-electron chi connectivity index (χ2n) is 3.89. The number of hydrogen-bond donors (Lipinski definition) is 2. The predicted octanol–water partition coefficient (Wildman–Crippen LogP) is 3.12. The molecule has 2 aromatic heterocycles. The Labute approximate surface area is 121 Å². The van der Waals surface area contributed by atoms with Crippen molar-refractivity contribution >= 4 is 33.8 Å². The number of urea groups is 1. The molecule has 2 aromatic rings. The fourth-order valence-electron chi connectivity index (χ4n) is 1.34. The predicted molar refractivity (Wildman–Crippen MR) is 72.3 cm³/mol. The van der Waals surface area contributed by atoms with Gasteiger partial charge in [0, 0.05) is 11.1 Å². The zero-order valence-corrected chi connectivity index (χ0v) is 12.2. The molecule has 6 nitrogen and oxygen atoms in total. The molecule has 0 aromatic carbocycles. The maximum Gasteiger partial charge on any atom is 0.321 e. The standard InChI is InChI=1S/C10H11F2N5OS2/c1-4-3-19-7(13-4)5(2)14-9(18)15-10-17-16-8(20-10)6(11)12/h3,5-6H,1-2H3,(H2,14,15,17,18)/t5-/m0/s1. The summed E-state index contributed by atoms with van der Waals surface area (Å²) in [5.74, 6) is 0. The van der Waals surface area contributed by atoms with Gasteiger partial charge < -0.3 is 5.32 Å². The first-order valence-corrected chi connectivity index (χ1v) is 7.26. The summed E-state index contributed by atoms with van der Waals surface area (Å²) in [6, 6.07) is -0.821. The number of rotatable bonds is 4. The highest BCUT2D eigenvalue weighted by molar-refractivity contribution is 7.15. The molecule has 108 valence electrons. The number of nitrogens with zero attached hydrogens (tertiary/aromatic N) is 3. The van der Waals surface area contributed by atoms with Crippen molar-refractivity contribution in [2.75, 3.05) is 5.32 Å². The van der Waals surface area contributed by atoms with Crippen LogP contribution in [-0.2, 0) is 0 Å². The van der Waals surface area contributed by atoms with E-state index in [9.17, 15) is 13.6 Å². The molecule has 2 heterocycles. The molecule has 0 saturated carbocycles. The average molecular weight is 319 g/mol. The molecule has 0 radical (unpaired) electrons. The van der Waals surface area contributed by atoms with Crippen molar-refractivity contribution in [2.45, 2.75) is 26.3 Å². The molecule has 2 N–H and O–H groups in total. The summed E-state index contributed by atoms with van der Waals surface area (Å²) in [6.07, 6.45) is -2.69. The van der Waals surface area contributed by atoms with Gasteiger partial charge >= 0.3 is 6.03 Å². The van der Waals surface area contributed by atoms with Gasteiger partial charge in [-0.3, -0.25) is 5.32 Å². The van der Waals surface area contributed by atoms with Gasteiger partial charge in [0.1, 0.15) is 5.01 Å². The lowest BCUT2D eigenvalue weighted by Crippen LogP contribution is -2.31. The smallest absolute Gasteiger partial charge is 0.321 e. The Morgan fingerprint density at radius 3 is 2.65 bits per heavy atom. The third-order valence-electron chi connectivity index (χ3n) is 2.20. The largest absolute Gasteiger partial charge is 0.329 e. The van der Waals surface area contributed by atoms with E-state index in [-0.39, 0.29) is 11.2 Å². The number of aryl methyl sites for hydroxylation is 1. The molecule has 20 heavy (non-hydrogen) atoms. The van der Waals surface area contributed by atoms with Gasteiger partial charge in [-0.05, 0) is 13.8 Å². The molecule has 0 bridgehead atoms. The Hall–Kier alpha value is -1.68. The number of alkyl halides is 2. The number of aromatic nitrogens is 3. The normalized spacial score (nSPS) is 12.4. The van der Waals surface area contributed by atoms with Crippen molar-refractivity contribution in [3.05, 3.63) is 21.1 Å². The van der Waals surface area contributed by atoms with Crippen LogP contribution in [0.15, 0.2) is 5.38 Å². The molecule has 0 fully saturated rings. The first-order chi connectivity index (χ1) is 9.45. The van der Waals surface area contributed by atoms with Crippen molar-refractivity contribution in [3.63, 3.8) is 0 Å². The van der Waals surface area contributed by atoms with Crippen LogP contribution in [0, 0.1) is 6.92 Å². The first-order valence-electron chi connectivity index (χ1n) is 5.57. The molecule has 2 rings (SSSR count). The monoisotopic (exact) mass is 319 g/mol. The summed E-state index contributed by atoms with van der Waals surface area (Å²) in [4.78, 5) is 15.9. The SMILES string of the molecule is Cc1csc([C@H](C)NC(=O)Nc2nnc(C(F)F)s2)n1. The first kappa shape index (κ1) is 14.7. The maximum atomic E-state index is 12.3. The van der Waals surface area contributed by atoms with Crippen LogP contribution in [0.1, 0.15) is 35.1 Å². The van der Waals surface area contributed by atoms with Crippen LogP contribution < -0.4 is 10.6 Å². The van der Waals surface area contributed by atoms with E-state index in [1.807, 2.05) is 12.3 Å². The van der Waals surface area contributed by atoms with Gasteiger partial charge in [0.05, 0.1) is 6.04 Å². The van der Waals surface area contributed by atoms with Crippen molar-refractivity contribution in [2.24, 2.45) is 0 Å². The van der Waals surface area contributed by atoms with Gasteiger partial charge in [-0.1, -0.05) is 11.3 Å². The van der Waals surface area contributed by atoms with E-state index < -0.39 is 17.5 Å². The third kappa shape index (κ3) is 3.67. The van der Waals surface area contributed by atoms with Crippen LogP contribution in [-0.4, -0.2) is 21.2 Å². The second kappa shape index (κ2) is 6.18. The Morgan fingerprint density at radius 2 is 2.10 bits per heavy atom.